The van der Waals surface area contributed by atoms with E-state index in [0.29, 0.717) is 18.4 Å². The minimum atomic E-state index is -1.65. The Morgan fingerprint density at radius 1 is 0.638 bits per heavy atom. The van der Waals surface area contributed by atoms with E-state index >= 15 is 0 Å². The number of carbonyl (C=O) groups is 8. The number of carbonyl (C=O) groups excluding carboxylic acids is 7. The van der Waals surface area contributed by atoms with E-state index in [9.17, 15) is 53.7 Å². The summed E-state index contributed by atoms with van der Waals surface area (Å²) in [6, 6.07) is -1.04. The minimum absolute atomic E-state index is 0.00804. The fourth-order valence-corrected chi connectivity index (χ4v) is 5.74. The molecule has 0 aliphatic rings. The summed E-state index contributed by atoms with van der Waals surface area (Å²) in [4.78, 5) is 104. The molecule has 15 N–H and O–H groups in total. The van der Waals surface area contributed by atoms with E-state index < -0.39 is 109 Å². The Labute approximate surface area is 338 Å². The van der Waals surface area contributed by atoms with Crippen molar-refractivity contribution in [1.82, 2.24) is 31.9 Å². The van der Waals surface area contributed by atoms with Crippen LogP contribution in [-0.2, 0) is 44.8 Å². The number of hydrogen-bond acceptors (Lipinski definition) is 12. The Morgan fingerprint density at radius 2 is 1.10 bits per heavy atom. The standard InChI is InChI=1S/C38H63N9O11/c1-20(2)15-26(44-36(55)28(17-23-11-7-6-8-12-23)43-32(51)24(40)18-30(41)50)34(53)42-25(13-9-10-14-39)33(52)47-31(22(5)49)37(56)45-27(16-21(3)4)35(54)46-29(19-48)38(57)58/h6-8,11-12,20-22,24-29,31,48-49H,9-10,13-19,39-40H2,1-5H3,(H2,41,50)(H,42,53)(H,43,51)(H,44,55)(H,45,56)(H,46,54)(H,47,52)(H,57,58)/t22-,24+,25+,26+,27+,28+,29+,31+/m1/s1. The summed E-state index contributed by atoms with van der Waals surface area (Å²) in [7, 11) is 0. The number of unbranched alkanes of at least 4 members (excludes halogenated alkanes) is 1. The molecule has 0 radical (unpaired) electrons. The van der Waals surface area contributed by atoms with Crippen LogP contribution in [0.5, 0.6) is 0 Å². The fraction of sp³-hybridized carbons (Fsp3) is 0.632. The first-order valence-electron chi connectivity index (χ1n) is 19.3. The first-order valence-corrected chi connectivity index (χ1v) is 19.3. The summed E-state index contributed by atoms with van der Waals surface area (Å²) in [6.45, 7) is 7.66. The van der Waals surface area contributed by atoms with Crippen molar-refractivity contribution >= 4 is 47.3 Å². The number of nitrogens with one attached hydrogen (secondary N) is 6. The lowest BCUT2D eigenvalue weighted by molar-refractivity contribution is -0.143. The summed E-state index contributed by atoms with van der Waals surface area (Å²) in [6.07, 6.45) is -1.02. The number of nitrogens with two attached hydrogens (primary N) is 3. The third-order valence-corrected chi connectivity index (χ3v) is 8.79. The van der Waals surface area contributed by atoms with Crippen molar-refractivity contribution in [2.45, 2.75) is 128 Å². The number of aliphatic carboxylic acids is 1. The van der Waals surface area contributed by atoms with Crippen LogP contribution in [0.25, 0.3) is 0 Å². The highest BCUT2D eigenvalue weighted by Crippen LogP contribution is 2.12. The molecule has 20 nitrogen and oxygen atoms in total. The van der Waals surface area contributed by atoms with Crippen molar-refractivity contribution in [3.05, 3.63) is 35.9 Å². The third-order valence-electron chi connectivity index (χ3n) is 8.79. The third kappa shape index (κ3) is 18.8. The molecule has 0 bridgehead atoms. The second-order valence-electron chi connectivity index (χ2n) is 15.1. The summed E-state index contributed by atoms with van der Waals surface area (Å²) in [5, 5.41) is 44.1. The van der Waals surface area contributed by atoms with E-state index in [1.807, 2.05) is 0 Å². The Balaban J connectivity index is 3.36. The average molecular weight is 822 g/mol. The van der Waals surface area contributed by atoms with Gasteiger partial charge in [0.1, 0.15) is 36.3 Å². The van der Waals surface area contributed by atoms with Gasteiger partial charge in [-0.1, -0.05) is 58.0 Å². The molecule has 0 unspecified atom stereocenters. The van der Waals surface area contributed by atoms with E-state index in [0.717, 1.165) is 0 Å². The van der Waals surface area contributed by atoms with Gasteiger partial charge in [0.15, 0.2) is 0 Å². The maximum absolute atomic E-state index is 13.9. The topological polar surface area (TPSA) is 347 Å². The molecule has 7 amide bonds. The molecule has 326 valence electrons. The van der Waals surface area contributed by atoms with E-state index in [-0.39, 0.29) is 44.1 Å². The van der Waals surface area contributed by atoms with Gasteiger partial charge in [-0.15, -0.1) is 0 Å². The highest BCUT2D eigenvalue weighted by Gasteiger charge is 2.35. The minimum Gasteiger partial charge on any atom is -0.480 e. The number of carboxylic acids is 1. The van der Waals surface area contributed by atoms with Crippen molar-refractivity contribution in [2.24, 2.45) is 29.0 Å². The second-order valence-corrected chi connectivity index (χ2v) is 15.1. The quantitative estimate of drug-likeness (QED) is 0.0395. The van der Waals surface area contributed by atoms with Gasteiger partial charge in [0.25, 0.3) is 0 Å². The molecule has 0 aliphatic carbocycles. The number of benzene rings is 1. The molecule has 0 fully saturated rings. The van der Waals surface area contributed by atoms with Gasteiger partial charge >= 0.3 is 5.97 Å². The van der Waals surface area contributed by atoms with Crippen LogP contribution in [0.2, 0.25) is 0 Å². The number of carboxylic acid groups (broad SMARTS) is 1. The lowest BCUT2D eigenvalue weighted by Gasteiger charge is -2.29. The van der Waals surface area contributed by atoms with Crippen LogP contribution in [0.1, 0.15) is 78.7 Å². The second kappa shape index (κ2) is 25.9. The van der Waals surface area contributed by atoms with Crippen LogP contribution in [0.15, 0.2) is 30.3 Å². The van der Waals surface area contributed by atoms with Gasteiger partial charge in [0.2, 0.25) is 41.4 Å². The first-order chi connectivity index (χ1) is 27.2. The molecular formula is C38H63N9O11. The van der Waals surface area contributed by atoms with Gasteiger partial charge in [-0.2, -0.15) is 0 Å². The summed E-state index contributed by atoms with van der Waals surface area (Å²) < 4.78 is 0. The predicted octanol–water partition coefficient (Wildman–Crippen LogP) is -2.98. The van der Waals surface area contributed by atoms with Crippen molar-refractivity contribution < 1.29 is 53.7 Å². The van der Waals surface area contributed by atoms with Crippen LogP contribution in [-0.4, -0.2) is 124 Å². The fourth-order valence-electron chi connectivity index (χ4n) is 5.74. The molecule has 0 saturated carbocycles. The number of amides is 7. The molecule has 0 aliphatic heterocycles. The molecular weight excluding hydrogens is 758 g/mol. The maximum atomic E-state index is 13.9. The molecule has 1 aromatic rings. The number of hydrogen-bond donors (Lipinski definition) is 12. The Hall–Kier alpha value is -5.18. The first kappa shape index (κ1) is 50.8. The average Bonchev–Trinajstić information content (AvgIpc) is 3.13. The zero-order chi connectivity index (χ0) is 44.1. The summed E-state index contributed by atoms with van der Waals surface area (Å²) in [5.41, 5.74) is 17.4. The van der Waals surface area contributed by atoms with E-state index in [4.69, 9.17) is 17.2 Å². The van der Waals surface area contributed by atoms with Crippen LogP contribution in [0, 0.1) is 11.8 Å². The Kier molecular flexibility index (Phi) is 22.7. The van der Waals surface area contributed by atoms with Crippen molar-refractivity contribution in [3.8, 4) is 0 Å². The van der Waals surface area contributed by atoms with Crippen LogP contribution in [0.3, 0.4) is 0 Å². The molecule has 58 heavy (non-hydrogen) atoms. The van der Waals surface area contributed by atoms with Crippen molar-refractivity contribution in [1.29, 1.82) is 0 Å². The normalized spacial score (nSPS) is 15.4. The highest BCUT2D eigenvalue weighted by molar-refractivity contribution is 5.97. The highest BCUT2D eigenvalue weighted by atomic mass is 16.4. The summed E-state index contributed by atoms with van der Waals surface area (Å²) >= 11 is 0. The summed E-state index contributed by atoms with van der Waals surface area (Å²) in [5.74, 6) is -7.79. The number of aliphatic hydroxyl groups is 2. The Morgan fingerprint density at radius 3 is 1.57 bits per heavy atom. The molecule has 0 spiro atoms. The van der Waals surface area contributed by atoms with Gasteiger partial charge in [-0.05, 0) is 63.0 Å². The molecule has 8 atom stereocenters. The lowest BCUT2D eigenvalue weighted by atomic mass is 9.99. The Bertz CT molecular complexity index is 1530. The monoisotopic (exact) mass is 821 g/mol. The van der Waals surface area contributed by atoms with Gasteiger partial charge in [0, 0.05) is 6.42 Å². The van der Waals surface area contributed by atoms with E-state index in [2.05, 4.69) is 31.9 Å². The zero-order valence-electron chi connectivity index (χ0n) is 33.9. The van der Waals surface area contributed by atoms with Gasteiger partial charge in [-0.25, -0.2) is 4.79 Å². The van der Waals surface area contributed by atoms with Crippen LogP contribution in [0.4, 0.5) is 0 Å². The van der Waals surface area contributed by atoms with E-state index in [1.165, 1.54) is 6.92 Å². The molecule has 0 saturated heterocycles. The van der Waals surface area contributed by atoms with Crippen molar-refractivity contribution in [3.63, 3.8) is 0 Å². The molecule has 1 aromatic carbocycles. The maximum Gasteiger partial charge on any atom is 0.328 e. The predicted molar refractivity (Wildman–Crippen MR) is 212 cm³/mol. The molecule has 20 heteroatoms. The van der Waals surface area contributed by atoms with Crippen molar-refractivity contribution in [2.75, 3.05) is 13.2 Å². The van der Waals surface area contributed by atoms with Gasteiger partial charge in [0.05, 0.1) is 25.2 Å². The van der Waals surface area contributed by atoms with Gasteiger partial charge in [-0.3, -0.25) is 33.6 Å². The SMILES string of the molecule is CC(C)C[C@H](NC(=O)[C@H](Cc1ccccc1)NC(=O)[C@@H](N)CC(N)=O)C(=O)N[C@@H](CCCCN)C(=O)N[C@H](C(=O)N[C@@H](CC(C)C)C(=O)N[C@@H](CO)C(=O)O)[C@@H](C)O. The van der Waals surface area contributed by atoms with Crippen LogP contribution >= 0.6 is 0 Å². The lowest BCUT2D eigenvalue weighted by Crippen LogP contribution is -2.62. The smallest absolute Gasteiger partial charge is 0.328 e. The molecule has 0 heterocycles. The molecule has 0 aromatic heterocycles. The number of aliphatic hydroxyl groups excluding tert-OH is 2. The van der Waals surface area contributed by atoms with Gasteiger partial charge < -0.3 is 64.4 Å². The number of primary amides is 1. The van der Waals surface area contributed by atoms with E-state index in [1.54, 1.807) is 58.0 Å². The zero-order valence-corrected chi connectivity index (χ0v) is 33.9. The number of rotatable bonds is 27. The largest absolute Gasteiger partial charge is 0.480 e. The molecule has 1 rings (SSSR count). The van der Waals surface area contributed by atoms with Crippen LogP contribution < -0.4 is 49.1 Å².